The van der Waals surface area contributed by atoms with Crippen molar-refractivity contribution in [3.8, 4) is 0 Å². The highest BCUT2D eigenvalue weighted by atomic mass is 79.9. The van der Waals surface area contributed by atoms with Crippen LogP contribution in [0.1, 0.15) is 39.5 Å². The Morgan fingerprint density at radius 3 is 2.54 bits per heavy atom. The molecule has 1 rings (SSSR count). The largest absolute Gasteiger partial charge is 0.353 e. The maximum Gasteiger partial charge on any atom is 0.223 e. The molecule has 1 aliphatic rings. The normalized spacial score (nSPS) is 21.8. The maximum absolute atomic E-state index is 11.5. The molecule has 2 nitrogen and oxygen atoms in total. The number of rotatable bonds is 4. The van der Waals surface area contributed by atoms with Gasteiger partial charge in [-0.3, -0.25) is 4.79 Å². The van der Waals surface area contributed by atoms with E-state index in [-0.39, 0.29) is 5.91 Å². The molecule has 1 fully saturated rings. The molecule has 1 amide bonds. The van der Waals surface area contributed by atoms with Crippen LogP contribution in [0.3, 0.4) is 0 Å². The number of nitrogens with one attached hydrogen (secondary N) is 1. The number of hydrogen-bond donors (Lipinski definition) is 1. The van der Waals surface area contributed by atoms with Crippen LogP contribution in [0.4, 0.5) is 0 Å². The highest BCUT2D eigenvalue weighted by Gasteiger charge is 2.25. The second-order valence-corrected chi connectivity index (χ2v) is 5.62. The van der Waals surface area contributed by atoms with Gasteiger partial charge in [-0.05, 0) is 26.2 Å². The van der Waals surface area contributed by atoms with E-state index in [2.05, 4.69) is 35.1 Å². The molecule has 2 unspecified atom stereocenters. The van der Waals surface area contributed by atoms with E-state index < -0.39 is 0 Å². The van der Waals surface area contributed by atoms with Gasteiger partial charge in [0.1, 0.15) is 0 Å². The SMILES string of the molecule is CC(Br)CC(C)NC(=O)C1CCC1. The van der Waals surface area contributed by atoms with Crippen LogP contribution in [0.15, 0.2) is 0 Å². The third kappa shape index (κ3) is 3.67. The Bertz CT molecular complexity index is 178. The molecule has 0 aliphatic heterocycles. The molecule has 0 aromatic carbocycles. The van der Waals surface area contributed by atoms with Crippen LogP contribution in [-0.4, -0.2) is 16.8 Å². The van der Waals surface area contributed by atoms with E-state index in [1.54, 1.807) is 0 Å². The molecule has 0 radical (unpaired) electrons. The highest BCUT2D eigenvalue weighted by molar-refractivity contribution is 9.09. The first kappa shape index (κ1) is 11.0. The van der Waals surface area contributed by atoms with Gasteiger partial charge in [0.15, 0.2) is 0 Å². The van der Waals surface area contributed by atoms with E-state index in [0.717, 1.165) is 19.3 Å². The number of carbonyl (C=O) groups excluding carboxylic acids is 1. The number of hydrogen-bond acceptors (Lipinski definition) is 1. The Morgan fingerprint density at radius 2 is 2.15 bits per heavy atom. The fourth-order valence-electron chi connectivity index (χ4n) is 1.58. The fraction of sp³-hybridized carbons (Fsp3) is 0.900. The number of alkyl halides is 1. The van der Waals surface area contributed by atoms with Crippen molar-refractivity contribution in [3.63, 3.8) is 0 Å². The summed E-state index contributed by atoms with van der Waals surface area (Å²) in [7, 11) is 0. The van der Waals surface area contributed by atoms with Crippen LogP contribution in [0, 0.1) is 5.92 Å². The molecule has 76 valence electrons. The molecular weight excluding hydrogens is 230 g/mol. The van der Waals surface area contributed by atoms with Crippen molar-refractivity contribution in [3.05, 3.63) is 0 Å². The summed E-state index contributed by atoms with van der Waals surface area (Å²) in [4.78, 5) is 12.0. The van der Waals surface area contributed by atoms with E-state index in [4.69, 9.17) is 0 Å². The molecule has 0 aromatic heterocycles. The molecule has 0 bridgehead atoms. The Labute approximate surface area is 88.6 Å². The second kappa shape index (κ2) is 4.99. The monoisotopic (exact) mass is 247 g/mol. The lowest BCUT2D eigenvalue weighted by molar-refractivity contribution is -0.128. The summed E-state index contributed by atoms with van der Waals surface area (Å²) in [6.07, 6.45) is 4.39. The lowest BCUT2D eigenvalue weighted by atomic mass is 9.84. The summed E-state index contributed by atoms with van der Waals surface area (Å²) >= 11 is 3.48. The third-order valence-corrected chi connectivity index (χ3v) is 2.92. The molecular formula is C10H18BrNO. The first-order valence-electron chi connectivity index (χ1n) is 5.04. The maximum atomic E-state index is 11.5. The number of amides is 1. The second-order valence-electron chi connectivity index (χ2n) is 4.05. The molecule has 1 aliphatic carbocycles. The average Bonchev–Trinajstić information content (AvgIpc) is 1.78. The molecule has 3 heteroatoms. The van der Waals surface area contributed by atoms with Crippen molar-refractivity contribution >= 4 is 21.8 Å². The molecule has 0 saturated heterocycles. The van der Waals surface area contributed by atoms with Crippen molar-refractivity contribution in [2.45, 2.75) is 50.4 Å². The van der Waals surface area contributed by atoms with Gasteiger partial charge in [0.05, 0.1) is 0 Å². The summed E-state index contributed by atoms with van der Waals surface area (Å²) in [5.74, 6) is 0.569. The summed E-state index contributed by atoms with van der Waals surface area (Å²) < 4.78 is 0. The molecule has 0 spiro atoms. The third-order valence-electron chi connectivity index (χ3n) is 2.54. The molecule has 0 heterocycles. The molecule has 13 heavy (non-hydrogen) atoms. The van der Waals surface area contributed by atoms with Gasteiger partial charge in [-0.15, -0.1) is 0 Å². The van der Waals surface area contributed by atoms with Gasteiger partial charge >= 0.3 is 0 Å². The quantitative estimate of drug-likeness (QED) is 0.761. The van der Waals surface area contributed by atoms with Gasteiger partial charge in [0.2, 0.25) is 5.91 Å². The Kier molecular flexibility index (Phi) is 4.23. The zero-order chi connectivity index (χ0) is 9.84. The van der Waals surface area contributed by atoms with E-state index in [0.29, 0.717) is 16.8 Å². The summed E-state index contributed by atoms with van der Waals surface area (Å²) in [5.41, 5.74) is 0. The first-order chi connectivity index (χ1) is 6.09. The Hall–Kier alpha value is -0.0500. The van der Waals surface area contributed by atoms with Crippen molar-refractivity contribution in [1.82, 2.24) is 5.32 Å². The van der Waals surface area contributed by atoms with Gasteiger partial charge in [0.25, 0.3) is 0 Å². The minimum atomic E-state index is 0.256. The van der Waals surface area contributed by atoms with Gasteiger partial charge in [-0.1, -0.05) is 29.3 Å². The van der Waals surface area contributed by atoms with Crippen LogP contribution in [0.25, 0.3) is 0 Å². The van der Waals surface area contributed by atoms with Crippen molar-refractivity contribution < 1.29 is 4.79 Å². The van der Waals surface area contributed by atoms with E-state index in [1.165, 1.54) is 6.42 Å². The van der Waals surface area contributed by atoms with E-state index >= 15 is 0 Å². The zero-order valence-electron chi connectivity index (χ0n) is 8.35. The highest BCUT2D eigenvalue weighted by Crippen LogP contribution is 2.26. The van der Waals surface area contributed by atoms with Gasteiger partial charge < -0.3 is 5.32 Å². The van der Waals surface area contributed by atoms with Gasteiger partial charge in [-0.25, -0.2) is 0 Å². The predicted octanol–water partition coefficient (Wildman–Crippen LogP) is 2.46. The number of halogens is 1. The summed E-state index contributed by atoms with van der Waals surface area (Å²) in [6.45, 7) is 4.17. The lowest BCUT2D eigenvalue weighted by Gasteiger charge is -2.26. The van der Waals surface area contributed by atoms with Crippen molar-refractivity contribution in [2.75, 3.05) is 0 Å². The minimum Gasteiger partial charge on any atom is -0.353 e. The van der Waals surface area contributed by atoms with Crippen molar-refractivity contribution in [1.29, 1.82) is 0 Å². The van der Waals surface area contributed by atoms with Crippen LogP contribution in [0.5, 0.6) is 0 Å². The van der Waals surface area contributed by atoms with Gasteiger partial charge in [0, 0.05) is 16.8 Å². The van der Waals surface area contributed by atoms with E-state index in [9.17, 15) is 4.79 Å². The van der Waals surface area contributed by atoms with E-state index in [1.807, 2.05) is 0 Å². The average molecular weight is 248 g/mol. The van der Waals surface area contributed by atoms with Crippen LogP contribution >= 0.6 is 15.9 Å². The molecule has 1 N–H and O–H groups in total. The topological polar surface area (TPSA) is 29.1 Å². The standard InChI is InChI=1S/C10H18BrNO/c1-7(11)6-8(2)12-10(13)9-4-3-5-9/h7-9H,3-6H2,1-2H3,(H,12,13). The number of carbonyl (C=O) groups is 1. The molecule has 2 atom stereocenters. The summed E-state index contributed by atoms with van der Waals surface area (Å²) in [6, 6.07) is 0.294. The van der Waals surface area contributed by atoms with Crippen LogP contribution in [-0.2, 0) is 4.79 Å². The van der Waals surface area contributed by atoms with Crippen molar-refractivity contribution in [2.24, 2.45) is 5.92 Å². The fourth-order valence-corrected chi connectivity index (χ4v) is 2.14. The Morgan fingerprint density at radius 1 is 1.54 bits per heavy atom. The molecule has 1 saturated carbocycles. The Balaban J connectivity index is 2.18. The summed E-state index contributed by atoms with van der Waals surface area (Å²) in [5, 5.41) is 3.04. The smallest absolute Gasteiger partial charge is 0.223 e. The molecule has 0 aromatic rings. The zero-order valence-corrected chi connectivity index (χ0v) is 9.93. The van der Waals surface area contributed by atoms with Crippen LogP contribution < -0.4 is 5.32 Å². The minimum absolute atomic E-state index is 0.256. The predicted molar refractivity (Wildman–Crippen MR) is 58.0 cm³/mol. The first-order valence-corrected chi connectivity index (χ1v) is 5.95. The lowest BCUT2D eigenvalue weighted by Crippen LogP contribution is -2.40. The van der Waals surface area contributed by atoms with Crippen LogP contribution in [0.2, 0.25) is 0 Å². The van der Waals surface area contributed by atoms with Gasteiger partial charge in [-0.2, -0.15) is 0 Å².